The maximum absolute atomic E-state index is 4.40. The SMILES string of the molecule is c1ccc(C(CNc2ncnc3ccncc23)c2ccccc2)cc1. The highest BCUT2D eigenvalue weighted by Gasteiger charge is 2.14. The Labute approximate surface area is 146 Å². The minimum absolute atomic E-state index is 0.240. The molecule has 0 spiro atoms. The van der Waals surface area contributed by atoms with Crippen LogP contribution in [0.15, 0.2) is 85.5 Å². The molecule has 4 nitrogen and oxygen atoms in total. The average molecular weight is 326 g/mol. The van der Waals surface area contributed by atoms with E-state index in [1.54, 1.807) is 18.7 Å². The van der Waals surface area contributed by atoms with E-state index in [2.05, 4.69) is 68.8 Å². The van der Waals surface area contributed by atoms with Gasteiger partial charge in [-0.1, -0.05) is 60.7 Å². The van der Waals surface area contributed by atoms with Gasteiger partial charge in [-0.25, -0.2) is 9.97 Å². The number of hydrogen-bond acceptors (Lipinski definition) is 4. The molecule has 0 aliphatic rings. The van der Waals surface area contributed by atoms with E-state index in [-0.39, 0.29) is 5.92 Å². The summed E-state index contributed by atoms with van der Waals surface area (Å²) in [5.74, 6) is 1.05. The van der Waals surface area contributed by atoms with E-state index in [1.807, 2.05) is 18.2 Å². The van der Waals surface area contributed by atoms with Crippen LogP contribution in [-0.4, -0.2) is 21.5 Å². The van der Waals surface area contributed by atoms with Crippen LogP contribution in [0.3, 0.4) is 0 Å². The highest BCUT2D eigenvalue weighted by molar-refractivity contribution is 5.87. The van der Waals surface area contributed by atoms with Crippen LogP contribution < -0.4 is 5.32 Å². The molecule has 0 atom stereocenters. The quantitative estimate of drug-likeness (QED) is 0.595. The van der Waals surface area contributed by atoms with Gasteiger partial charge in [0, 0.05) is 24.9 Å². The van der Waals surface area contributed by atoms with E-state index in [0.29, 0.717) is 0 Å². The number of fused-ring (bicyclic) bond motifs is 1. The van der Waals surface area contributed by atoms with Crippen molar-refractivity contribution < 1.29 is 0 Å². The number of pyridine rings is 1. The van der Waals surface area contributed by atoms with Crippen LogP contribution >= 0.6 is 0 Å². The Hall–Kier alpha value is -3.27. The third-order valence-electron chi connectivity index (χ3n) is 4.31. The number of hydrogen-bond donors (Lipinski definition) is 1. The molecule has 2 heterocycles. The summed E-state index contributed by atoms with van der Waals surface area (Å²) in [5.41, 5.74) is 3.44. The summed E-state index contributed by atoms with van der Waals surface area (Å²) in [4.78, 5) is 12.9. The summed E-state index contributed by atoms with van der Waals surface area (Å²) >= 11 is 0. The van der Waals surface area contributed by atoms with Crippen molar-refractivity contribution in [2.45, 2.75) is 5.92 Å². The maximum Gasteiger partial charge on any atom is 0.138 e. The smallest absolute Gasteiger partial charge is 0.138 e. The second kappa shape index (κ2) is 7.09. The topological polar surface area (TPSA) is 50.7 Å². The number of anilines is 1. The number of nitrogens with zero attached hydrogens (tertiary/aromatic N) is 3. The molecule has 1 N–H and O–H groups in total. The van der Waals surface area contributed by atoms with Crippen LogP contribution in [0.5, 0.6) is 0 Å². The fourth-order valence-corrected chi connectivity index (χ4v) is 3.04. The van der Waals surface area contributed by atoms with E-state index >= 15 is 0 Å². The van der Waals surface area contributed by atoms with Gasteiger partial charge in [0.15, 0.2) is 0 Å². The van der Waals surface area contributed by atoms with Gasteiger partial charge < -0.3 is 5.32 Å². The lowest BCUT2D eigenvalue weighted by Crippen LogP contribution is -2.15. The third-order valence-corrected chi connectivity index (χ3v) is 4.31. The van der Waals surface area contributed by atoms with E-state index in [1.165, 1.54) is 11.1 Å². The molecule has 0 amide bonds. The predicted octanol–water partition coefficient (Wildman–Crippen LogP) is 4.27. The number of benzene rings is 2. The number of nitrogens with one attached hydrogen (secondary N) is 1. The Morgan fingerprint density at radius 2 is 1.48 bits per heavy atom. The Morgan fingerprint density at radius 1 is 0.800 bits per heavy atom. The van der Waals surface area contributed by atoms with Gasteiger partial charge in [-0.2, -0.15) is 0 Å². The van der Waals surface area contributed by atoms with Gasteiger partial charge in [0.2, 0.25) is 0 Å². The second-order valence-electron chi connectivity index (χ2n) is 5.87. The molecule has 4 aromatic rings. The normalized spacial score (nSPS) is 10.9. The standard InChI is InChI=1S/C21H18N4/c1-3-7-16(8-4-1)18(17-9-5-2-6-10-17)14-23-21-19-13-22-12-11-20(19)24-15-25-21/h1-13,15,18H,14H2,(H,23,24,25). The van der Waals surface area contributed by atoms with Gasteiger partial charge in [0.05, 0.1) is 10.9 Å². The van der Waals surface area contributed by atoms with Crippen molar-refractivity contribution in [3.63, 3.8) is 0 Å². The summed E-state index contributed by atoms with van der Waals surface area (Å²) in [6.07, 6.45) is 5.14. The first-order chi connectivity index (χ1) is 12.4. The van der Waals surface area contributed by atoms with Crippen LogP contribution in [0.1, 0.15) is 17.0 Å². The van der Waals surface area contributed by atoms with Gasteiger partial charge in [-0.15, -0.1) is 0 Å². The first-order valence-electron chi connectivity index (χ1n) is 8.30. The van der Waals surface area contributed by atoms with E-state index < -0.39 is 0 Å². The van der Waals surface area contributed by atoms with Crippen LogP contribution in [0.4, 0.5) is 5.82 Å². The van der Waals surface area contributed by atoms with Gasteiger partial charge >= 0.3 is 0 Å². The van der Waals surface area contributed by atoms with Crippen LogP contribution in [-0.2, 0) is 0 Å². The molecule has 0 radical (unpaired) electrons. The molecule has 0 saturated heterocycles. The van der Waals surface area contributed by atoms with Gasteiger partial charge in [-0.05, 0) is 17.2 Å². The van der Waals surface area contributed by atoms with E-state index in [4.69, 9.17) is 0 Å². The van der Waals surface area contributed by atoms with Gasteiger partial charge in [0.1, 0.15) is 12.1 Å². The molecule has 4 rings (SSSR count). The lowest BCUT2D eigenvalue weighted by Gasteiger charge is -2.19. The molecule has 2 aromatic carbocycles. The molecule has 0 aliphatic heterocycles. The van der Waals surface area contributed by atoms with Gasteiger partial charge in [0.25, 0.3) is 0 Å². The maximum atomic E-state index is 4.40. The zero-order valence-electron chi connectivity index (χ0n) is 13.7. The van der Waals surface area contributed by atoms with Crippen molar-refractivity contribution in [1.29, 1.82) is 0 Å². The number of aromatic nitrogens is 3. The average Bonchev–Trinajstić information content (AvgIpc) is 2.70. The molecule has 0 saturated carbocycles. The highest BCUT2D eigenvalue weighted by atomic mass is 15.0. The Morgan fingerprint density at radius 3 is 2.16 bits per heavy atom. The lowest BCUT2D eigenvalue weighted by molar-refractivity contribution is 0.849. The molecule has 0 aliphatic carbocycles. The molecule has 0 bridgehead atoms. The Balaban J connectivity index is 1.65. The monoisotopic (exact) mass is 326 g/mol. The van der Waals surface area contributed by atoms with Crippen molar-refractivity contribution in [3.8, 4) is 0 Å². The first kappa shape index (κ1) is 15.3. The first-order valence-corrected chi connectivity index (χ1v) is 8.30. The molecule has 4 heteroatoms. The van der Waals surface area contributed by atoms with Crippen molar-refractivity contribution in [3.05, 3.63) is 96.6 Å². The zero-order chi connectivity index (χ0) is 16.9. The summed E-state index contributed by atoms with van der Waals surface area (Å²) in [7, 11) is 0. The zero-order valence-corrected chi connectivity index (χ0v) is 13.7. The number of rotatable bonds is 5. The van der Waals surface area contributed by atoms with Gasteiger partial charge in [-0.3, -0.25) is 4.98 Å². The van der Waals surface area contributed by atoms with Crippen molar-refractivity contribution in [2.24, 2.45) is 0 Å². The summed E-state index contributed by atoms with van der Waals surface area (Å²) in [6, 6.07) is 23.0. The second-order valence-corrected chi connectivity index (χ2v) is 5.87. The minimum atomic E-state index is 0.240. The summed E-state index contributed by atoms with van der Waals surface area (Å²) < 4.78 is 0. The molecule has 122 valence electrons. The molecular weight excluding hydrogens is 308 g/mol. The van der Waals surface area contributed by atoms with Crippen LogP contribution in [0, 0.1) is 0 Å². The summed E-state index contributed by atoms with van der Waals surface area (Å²) in [6.45, 7) is 0.745. The fraction of sp³-hybridized carbons (Fsp3) is 0.0952. The third kappa shape index (κ3) is 3.33. The molecular formula is C21H18N4. The van der Waals surface area contributed by atoms with Crippen LogP contribution in [0.25, 0.3) is 10.9 Å². The molecule has 2 aromatic heterocycles. The predicted molar refractivity (Wildman–Crippen MR) is 101 cm³/mol. The van der Waals surface area contributed by atoms with Crippen molar-refractivity contribution >= 4 is 16.7 Å². The fourth-order valence-electron chi connectivity index (χ4n) is 3.04. The molecule has 0 unspecified atom stereocenters. The molecule has 0 fully saturated rings. The Kier molecular flexibility index (Phi) is 4.33. The van der Waals surface area contributed by atoms with Crippen LogP contribution in [0.2, 0.25) is 0 Å². The minimum Gasteiger partial charge on any atom is -0.368 e. The van der Waals surface area contributed by atoms with E-state index in [9.17, 15) is 0 Å². The Bertz CT molecular complexity index is 910. The molecule has 25 heavy (non-hydrogen) atoms. The lowest BCUT2D eigenvalue weighted by atomic mass is 9.91. The van der Waals surface area contributed by atoms with Crippen molar-refractivity contribution in [1.82, 2.24) is 15.0 Å². The van der Waals surface area contributed by atoms with E-state index in [0.717, 1.165) is 23.3 Å². The summed E-state index contributed by atoms with van der Waals surface area (Å²) in [5, 5.41) is 4.43. The highest BCUT2D eigenvalue weighted by Crippen LogP contribution is 2.26. The van der Waals surface area contributed by atoms with Crippen molar-refractivity contribution in [2.75, 3.05) is 11.9 Å². The largest absolute Gasteiger partial charge is 0.368 e.